The molecule has 0 bridgehead atoms. The Kier molecular flexibility index (Phi) is 7.50. The Labute approximate surface area is 179 Å². The average Bonchev–Trinajstić information content (AvgIpc) is 2.75. The molecule has 162 valence electrons. The summed E-state index contributed by atoms with van der Waals surface area (Å²) in [5.74, 6) is 0.353. The number of amides is 1. The van der Waals surface area contributed by atoms with Crippen LogP contribution in [0.1, 0.15) is 38.2 Å². The summed E-state index contributed by atoms with van der Waals surface area (Å²) in [6, 6.07) is 14.3. The fourth-order valence-electron chi connectivity index (χ4n) is 3.47. The van der Waals surface area contributed by atoms with Crippen LogP contribution in [0.15, 0.2) is 53.4 Å². The number of unbranched alkanes of at least 4 members (excludes halogenated alkanes) is 1. The number of piperidine rings is 1. The van der Waals surface area contributed by atoms with E-state index in [4.69, 9.17) is 4.74 Å². The van der Waals surface area contributed by atoms with Gasteiger partial charge in [0.15, 0.2) is 0 Å². The van der Waals surface area contributed by atoms with E-state index >= 15 is 0 Å². The van der Waals surface area contributed by atoms with E-state index < -0.39 is 10.0 Å². The Bertz CT molecular complexity index is 949. The summed E-state index contributed by atoms with van der Waals surface area (Å²) in [6.07, 6.45) is 2.99. The maximum atomic E-state index is 12.8. The van der Waals surface area contributed by atoms with Gasteiger partial charge in [0, 0.05) is 19.0 Å². The van der Waals surface area contributed by atoms with Gasteiger partial charge in [-0.25, -0.2) is 8.42 Å². The number of sulfonamides is 1. The maximum Gasteiger partial charge on any atom is 0.243 e. The van der Waals surface area contributed by atoms with Gasteiger partial charge in [-0.2, -0.15) is 4.31 Å². The molecule has 1 N–H and O–H groups in total. The van der Waals surface area contributed by atoms with Crippen LogP contribution in [0, 0.1) is 12.8 Å². The van der Waals surface area contributed by atoms with Gasteiger partial charge in [-0.15, -0.1) is 0 Å². The van der Waals surface area contributed by atoms with Gasteiger partial charge in [0.25, 0.3) is 0 Å². The third-order valence-corrected chi connectivity index (χ3v) is 7.30. The molecule has 1 saturated heterocycles. The van der Waals surface area contributed by atoms with E-state index in [9.17, 15) is 13.2 Å². The number of carbonyl (C=O) groups is 1. The van der Waals surface area contributed by atoms with E-state index in [1.807, 2.05) is 31.2 Å². The van der Waals surface area contributed by atoms with Gasteiger partial charge in [0.1, 0.15) is 5.75 Å². The van der Waals surface area contributed by atoms with Crippen LogP contribution in [-0.4, -0.2) is 38.3 Å². The highest BCUT2D eigenvalue weighted by molar-refractivity contribution is 7.89. The van der Waals surface area contributed by atoms with E-state index in [1.165, 1.54) is 4.31 Å². The lowest BCUT2D eigenvalue weighted by Crippen LogP contribution is -2.41. The number of anilines is 1. The van der Waals surface area contributed by atoms with Crippen molar-refractivity contribution in [1.29, 1.82) is 0 Å². The van der Waals surface area contributed by atoms with Gasteiger partial charge in [0.2, 0.25) is 15.9 Å². The van der Waals surface area contributed by atoms with Crippen molar-refractivity contribution in [1.82, 2.24) is 4.31 Å². The van der Waals surface area contributed by atoms with E-state index in [0.29, 0.717) is 48.9 Å². The predicted octanol–water partition coefficient (Wildman–Crippen LogP) is 4.21. The number of hydrogen-bond donors (Lipinski definition) is 1. The molecule has 1 fully saturated rings. The standard InChI is InChI=1S/C23H30N2O4S/c1-3-4-17-29-22-8-6-5-7-21(22)24-23(26)19-13-15-25(16-14-19)30(27,28)20-11-9-18(2)10-12-20/h5-12,19H,3-4,13-17H2,1-2H3,(H,24,26). The molecule has 7 heteroatoms. The molecule has 1 heterocycles. The number of benzene rings is 2. The van der Waals surface area contributed by atoms with Crippen molar-refractivity contribution in [2.24, 2.45) is 5.92 Å². The summed E-state index contributed by atoms with van der Waals surface area (Å²) < 4.78 is 32.9. The zero-order valence-electron chi connectivity index (χ0n) is 17.6. The fourth-order valence-corrected chi connectivity index (χ4v) is 4.94. The van der Waals surface area contributed by atoms with Gasteiger partial charge in [-0.05, 0) is 50.5 Å². The summed E-state index contributed by atoms with van der Waals surface area (Å²) >= 11 is 0. The first-order valence-corrected chi connectivity index (χ1v) is 12.0. The van der Waals surface area contributed by atoms with E-state index in [0.717, 1.165) is 18.4 Å². The normalized spacial score (nSPS) is 15.7. The quantitative estimate of drug-likeness (QED) is 0.637. The molecular formula is C23H30N2O4S. The second-order valence-electron chi connectivity index (χ2n) is 7.68. The first-order chi connectivity index (χ1) is 14.4. The molecular weight excluding hydrogens is 400 g/mol. The van der Waals surface area contributed by atoms with Crippen LogP contribution < -0.4 is 10.1 Å². The number of rotatable bonds is 8. The Morgan fingerprint density at radius 3 is 2.43 bits per heavy atom. The minimum Gasteiger partial charge on any atom is -0.491 e. The Morgan fingerprint density at radius 1 is 1.10 bits per heavy atom. The lowest BCUT2D eigenvalue weighted by Gasteiger charge is -2.30. The molecule has 0 spiro atoms. The minimum absolute atomic E-state index is 0.0890. The first-order valence-electron chi connectivity index (χ1n) is 10.5. The number of aryl methyl sites for hydroxylation is 1. The molecule has 30 heavy (non-hydrogen) atoms. The summed E-state index contributed by atoms with van der Waals surface area (Å²) in [5.41, 5.74) is 1.68. The number of nitrogens with one attached hydrogen (secondary N) is 1. The number of para-hydroxylation sites is 2. The summed E-state index contributed by atoms with van der Waals surface area (Å²) in [7, 11) is -3.52. The van der Waals surface area contributed by atoms with Crippen LogP contribution in [0.5, 0.6) is 5.75 Å². The van der Waals surface area contributed by atoms with Crippen LogP contribution in [-0.2, 0) is 14.8 Å². The molecule has 2 aromatic rings. The molecule has 0 aliphatic carbocycles. The van der Waals surface area contributed by atoms with Crippen molar-refractivity contribution in [3.05, 3.63) is 54.1 Å². The highest BCUT2D eigenvalue weighted by Crippen LogP contribution is 2.28. The molecule has 6 nitrogen and oxygen atoms in total. The first kappa shape index (κ1) is 22.3. The van der Waals surface area contributed by atoms with Crippen LogP contribution in [0.25, 0.3) is 0 Å². The molecule has 0 aromatic heterocycles. The monoisotopic (exact) mass is 430 g/mol. The van der Waals surface area contributed by atoms with Crippen molar-refractivity contribution in [2.75, 3.05) is 25.0 Å². The topological polar surface area (TPSA) is 75.7 Å². The summed E-state index contributed by atoms with van der Waals surface area (Å²) in [5, 5.41) is 2.97. The van der Waals surface area contributed by atoms with E-state index in [2.05, 4.69) is 12.2 Å². The van der Waals surface area contributed by atoms with Gasteiger partial charge in [-0.1, -0.05) is 43.2 Å². The molecule has 0 radical (unpaired) electrons. The van der Waals surface area contributed by atoms with Crippen molar-refractivity contribution in [3.63, 3.8) is 0 Å². The van der Waals surface area contributed by atoms with Crippen molar-refractivity contribution in [2.45, 2.75) is 44.4 Å². The average molecular weight is 431 g/mol. The van der Waals surface area contributed by atoms with Crippen LogP contribution in [0.4, 0.5) is 5.69 Å². The van der Waals surface area contributed by atoms with Crippen LogP contribution in [0.2, 0.25) is 0 Å². The number of nitrogens with zero attached hydrogens (tertiary/aromatic N) is 1. The highest BCUT2D eigenvalue weighted by atomic mass is 32.2. The molecule has 0 atom stereocenters. The number of ether oxygens (including phenoxy) is 1. The molecule has 0 saturated carbocycles. The maximum absolute atomic E-state index is 12.8. The zero-order chi connectivity index (χ0) is 21.6. The second-order valence-corrected chi connectivity index (χ2v) is 9.62. The van der Waals surface area contributed by atoms with Crippen molar-refractivity contribution >= 4 is 21.6 Å². The van der Waals surface area contributed by atoms with E-state index in [1.54, 1.807) is 24.3 Å². The van der Waals surface area contributed by atoms with Gasteiger partial charge in [0.05, 0.1) is 17.2 Å². The minimum atomic E-state index is -3.52. The fraction of sp³-hybridized carbons (Fsp3) is 0.435. The lowest BCUT2D eigenvalue weighted by molar-refractivity contribution is -0.120. The predicted molar refractivity (Wildman–Crippen MR) is 118 cm³/mol. The molecule has 2 aromatic carbocycles. The van der Waals surface area contributed by atoms with E-state index in [-0.39, 0.29) is 11.8 Å². The van der Waals surface area contributed by atoms with Crippen molar-refractivity contribution < 1.29 is 17.9 Å². The molecule has 0 unspecified atom stereocenters. The largest absolute Gasteiger partial charge is 0.491 e. The smallest absolute Gasteiger partial charge is 0.243 e. The molecule has 1 aliphatic heterocycles. The highest BCUT2D eigenvalue weighted by Gasteiger charge is 2.32. The molecule has 1 aliphatic rings. The lowest BCUT2D eigenvalue weighted by atomic mass is 9.97. The van der Waals surface area contributed by atoms with Crippen LogP contribution in [0.3, 0.4) is 0 Å². The van der Waals surface area contributed by atoms with Gasteiger partial charge in [-0.3, -0.25) is 4.79 Å². The number of carbonyl (C=O) groups excluding carboxylic acids is 1. The molecule has 1 amide bonds. The van der Waals surface area contributed by atoms with Gasteiger partial charge >= 0.3 is 0 Å². The molecule has 3 rings (SSSR count). The Morgan fingerprint density at radius 2 is 1.77 bits per heavy atom. The SMILES string of the molecule is CCCCOc1ccccc1NC(=O)C1CCN(S(=O)(=O)c2ccc(C)cc2)CC1. The number of hydrogen-bond acceptors (Lipinski definition) is 4. The van der Waals surface area contributed by atoms with Crippen molar-refractivity contribution in [3.8, 4) is 5.75 Å². The second kappa shape index (κ2) is 10.1. The Hall–Kier alpha value is -2.38. The third kappa shape index (κ3) is 5.40. The summed E-state index contributed by atoms with van der Waals surface area (Å²) in [4.78, 5) is 13.1. The van der Waals surface area contributed by atoms with Gasteiger partial charge < -0.3 is 10.1 Å². The zero-order valence-corrected chi connectivity index (χ0v) is 18.5. The van der Waals surface area contributed by atoms with Crippen LogP contribution >= 0.6 is 0 Å². The Balaban J connectivity index is 1.59. The third-order valence-electron chi connectivity index (χ3n) is 5.38. The summed E-state index contributed by atoms with van der Waals surface area (Å²) in [6.45, 7) is 5.31.